The molecular formula is C59H34N4OS. The van der Waals surface area contributed by atoms with E-state index in [9.17, 15) is 0 Å². The quantitative estimate of drug-likeness (QED) is 0.173. The lowest BCUT2D eigenvalue weighted by atomic mass is 10.0. The molecule has 0 unspecified atom stereocenters. The van der Waals surface area contributed by atoms with E-state index in [2.05, 4.69) is 205 Å². The molecule has 302 valence electrons. The van der Waals surface area contributed by atoms with E-state index in [0.717, 1.165) is 81.9 Å². The Morgan fingerprint density at radius 2 is 1.05 bits per heavy atom. The highest BCUT2D eigenvalue weighted by molar-refractivity contribution is 7.26. The second-order valence-electron chi connectivity index (χ2n) is 16.7. The van der Waals surface area contributed by atoms with Gasteiger partial charge in [0, 0.05) is 58.4 Å². The number of benzene rings is 10. The van der Waals surface area contributed by atoms with Crippen LogP contribution in [0.1, 0.15) is 0 Å². The molecule has 0 fully saturated rings. The first kappa shape index (κ1) is 36.1. The summed E-state index contributed by atoms with van der Waals surface area (Å²) >= 11 is 1.78. The highest BCUT2D eigenvalue weighted by Gasteiger charge is 2.21. The number of furan rings is 1. The number of aromatic nitrogens is 4. The number of para-hydroxylation sites is 2. The predicted molar refractivity (Wildman–Crippen MR) is 271 cm³/mol. The van der Waals surface area contributed by atoms with Gasteiger partial charge in [-0.15, -0.1) is 11.3 Å². The van der Waals surface area contributed by atoms with Crippen LogP contribution >= 0.6 is 11.3 Å². The van der Waals surface area contributed by atoms with Gasteiger partial charge in [-0.3, -0.25) is 0 Å². The molecule has 65 heavy (non-hydrogen) atoms. The number of hydrogen-bond acceptors (Lipinski definition) is 5. The minimum absolute atomic E-state index is 0.609. The van der Waals surface area contributed by atoms with E-state index >= 15 is 0 Å². The van der Waals surface area contributed by atoms with Crippen molar-refractivity contribution in [3.8, 4) is 51.0 Å². The van der Waals surface area contributed by atoms with Gasteiger partial charge in [-0.2, -0.15) is 0 Å². The van der Waals surface area contributed by atoms with Crippen LogP contribution in [0, 0.1) is 0 Å². The van der Waals surface area contributed by atoms with Gasteiger partial charge in [0.25, 0.3) is 0 Å². The Morgan fingerprint density at radius 3 is 1.94 bits per heavy atom. The Labute approximate surface area is 376 Å². The first-order valence-electron chi connectivity index (χ1n) is 21.8. The van der Waals surface area contributed by atoms with Gasteiger partial charge < -0.3 is 8.98 Å². The van der Waals surface area contributed by atoms with Gasteiger partial charge in [-0.25, -0.2) is 15.0 Å². The lowest BCUT2D eigenvalue weighted by Crippen LogP contribution is -2.00. The molecule has 0 atom stereocenters. The summed E-state index contributed by atoms with van der Waals surface area (Å²) in [5.74, 6) is 1.87. The smallest absolute Gasteiger partial charge is 0.165 e. The third kappa shape index (κ3) is 5.61. The molecule has 0 bridgehead atoms. The van der Waals surface area contributed by atoms with Crippen LogP contribution in [0.2, 0.25) is 0 Å². The molecule has 0 amide bonds. The first-order chi connectivity index (χ1) is 32.2. The Bertz CT molecular complexity index is 4260. The Balaban J connectivity index is 0.986. The Morgan fingerprint density at radius 1 is 0.385 bits per heavy atom. The molecule has 14 aromatic rings. The van der Waals surface area contributed by atoms with Crippen LogP contribution in [0.4, 0.5) is 0 Å². The molecule has 0 saturated heterocycles. The highest BCUT2D eigenvalue weighted by Crippen LogP contribution is 2.43. The van der Waals surface area contributed by atoms with E-state index in [1.807, 2.05) is 6.07 Å². The molecule has 0 radical (unpaired) electrons. The van der Waals surface area contributed by atoms with Crippen LogP contribution in [0.3, 0.4) is 0 Å². The van der Waals surface area contributed by atoms with Crippen molar-refractivity contribution in [2.75, 3.05) is 0 Å². The van der Waals surface area contributed by atoms with E-state index in [-0.39, 0.29) is 0 Å². The lowest BCUT2D eigenvalue weighted by molar-refractivity contribution is 0.666. The fraction of sp³-hybridized carbons (Fsp3) is 0. The van der Waals surface area contributed by atoms with Crippen molar-refractivity contribution < 1.29 is 4.42 Å². The molecule has 0 spiro atoms. The second-order valence-corrected chi connectivity index (χ2v) is 17.8. The van der Waals surface area contributed by atoms with Crippen molar-refractivity contribution in [2.24, 2.45) is 0 Å². The zero-order valence-electron chi connectivity index (χ0n) is 34.7. The molecule has 0 aliphatic carbocycles. The summed E-state index contributed by atoms with van der Waals surface area (Å²) in [6.07, 6.45) is 0. The Hall–Kier alpha value is -8.45. The van der Waals surface area contributed by atoms with Crippen LogP contribution in [0.25, 0.3) is 136 Å². The first-order valence-corrected chi connectivity index (χ1v) is 22.7. The average molecular weight is 847 g/mol. The molecule has 0 saturated carbocycles. The fourth-order valence-electron chi connectivity index (χ4n) is 9.98. The predicted octanol–water partition coefficient (Wildman–Crippen LogP) is 16.2. The maximum Gasteiger partial charge on any atom is 0.165 e. The number of hydrogen-bond donors (Lipinski definition) is 0. The third-order valence-electron chi connectivity index (χ3n) is 13.0. The Kier molecular flexibility index (Phi) is 7.79. The van der Waals surface area contributed by atoms with Crippen LogP contribution in [-0.2, 0) is 0 Å². The maximum atomic E-state index is 6.95. The molecule has 4 heterocycles. The molecule has 0 N–H and O–H groups in total. The van der Waals surface area contributed by atoms with E-state index in [0.29, 0.717) is 17.5 Å². The molecule has 4 aromatic heterocycles. The molecule has 14 rings (SSSR count). The molecular weight excluding hydrogens is 813 g/mol. The second kappa shape index (κ2) is 14.0. The molecule has 0 aliphatic rings. The maximum absolute atomic E-state index is 6.95. The summed E-state index contributed by atoms with van der Waals surface area (Å²) in [6, 6.07) is 73.2. The SMILES string of the molecule is c1ccc(-c2cccc(-c3nc(-c4ccc5ccc6oc7c(-n8c9ccccc9c9cc%10ccccc%10cc98)cccc7c6c5c4)nc(-c4cccc5c4sc4ccccc45)n3)c2)cc1. The van der Waals surface area contributed by atoms with Crippen molar-refractivity contribution in [3.05, 3.63) is 206 Å². The number of rotatable bonds is 5. The van der Waals surface area contributed by atoms with Crippen molar-refractivity contribution >= 4 is 96.8 Å². The van der Waals surface area contributed by atoms with Crippen molar-refractivity contribution in [2.45, 2.75) is 0 Å². The minimum atomic E-state index is 0.609. The topological polar surface area (TPSA) is 56.7 Å². The van der Waals surface area contributed by atoms with Crippen molar-refractivity contribution in [1.29, 1.82) is 0 Å². The minimum Gasteiger partial charge on any atom is -0.454 e. The van der Waals surface area contributed by atoms with E-state index in [1.54, 1.807) is 11.3 Å². The third-order valence-corrected chi connectivity index (χ3v) is 14.2. The van der Waals surface area contributed by atoms with Gasteiger partial charge >= 0.3 is 0 Å². The summed E-state index contributed by atoms with van der Waals surface area (Å²) in [4.78, 5) is 15.9. The van der Waals surface area contributed by atoms with Gasteiger partial charge in [0.2, 0.25) is 0 Å². The normalized spacial score (nSPS) is 12.0. The molecule has 10 aromatic carbocycles. The average Bonchev–Trinajstić information content (AvgIpc) is 4.05. The summed E-state index contributed by atoms with van der Waals surface area (Å²) in [5.41, 5.74) is 10.0. The zero-order valence-corrected chi connectivity index (χ0v) is 35.6. The summed E-state index contributed by atoms with van der Waals surface area (Å²) in [5, 5.41) is 11.6. The van der Waals surface area contributed by atoms with Gasteiger partial charge in [-0.1, -0.05) is 152 Å². The summed E-state index contributed by atoms with van der Waals surface area (Å²) < 4.78 is 11.7. The van der Waals surface area contributed by atoms with Crippen molar-refractivity contribution in [3.63, 3.8) is 0 Å². The van der Waals surface area contributed by atoms with Gasteiger partial charge in [0.1, 0.15) is 5.58 Å². The molecule has 0 aliphatic heterocycles. The van der Waals surface area contributed by atoms with Gasteiger partial charge in [0.05, 0.1) is 16.7 Å². The van der Waals surface area contributed by atoms with E-state index in [4.69, 9.17) is 19.4 Å². The summed E-state index contributed by atoms with van der Waals surface area (Å²) in [7, 11) is 0. The zero-order chi connectivity index (χ0) is 42.6. The van der Waals surface area contributed by atoms with Gasteiger partial charge in [0.15, 0.2) is 23.1 Å². The standard InChI is InChI=1S/C59H34N4OS/c1-2-13-35(14-3-1)37-17-10-18-40(31-37)57-60-58(62-59(61-57)46-23-11-21-44-43-20-7-9-26-53(43)65-56(44)46)41-28-27-36-29-30-52-54(47(36)33-41)45-22-12-25-50(55(45)64-52)63-49-24-8-6-19-42(49)48-32-38-15-4-5-16-39(38)34-51(48)63/h1-34H. The van der Waals surface area contributed by atoms with E-state index < -0.39 is 0 Å². The molecule has 6 heteroatoms. The number of fused-ring (bicyclic) bond motifs is 12. The van der Waals surface area contributed by atoms with E-state index in [1.165, 1.54) is 37.0 Å². The number of nitrogens with zero attached hydrogens (tertiary/aromatic N) is 4. The monoisotopic (exact) mass is 846 g/mol. The van der Waals surface area contributed by atoms with Crippen LogP contribution in [0.15, 0.2) is 211 Å². The highest BCUT2D eigenvalue weighted by atomic mass is 32.1. The van der Waals surface area contributed by atoms with Gasteiger partial charge in [-0.05, 0) is 87.3 Å². The van der Waals surface area contributed by atoms with Crippen LogP contribution < -0.4 is 0 Å². The molecule has 5 nitrogen and oxygen atoms in total. The summed E-state index contributed by atoms with van der Waals surface area (Å²) in [6.45, 7) is 0. The van der Waals surface area contributed by atoms with Crippen LogP contribution in [-0.4, -0.2) is 19.5 Å². The number of thiophene rings is 1. The largest absolute Gasteiger partial charge is 0.454 e. The fourth-order valence-corrected chi connectivity index (χ4v) is 11.2. The van der Waals surface area contributed by atoms with Crippen LogP contribution in [0.5, 0.6) is 0 Å². The van der Waals surface area contributed by atoms with Crippen molar-refractivity contribution in [1.82, 2.24) is 19.5 Å². The lowest BCUT2D eigenvalue weighted by Gasteiger charge is -2.11.